The lowest BCUT2D eigenvalue weighted by Crippen LogP contribution is -2.31. The molecule has 5 nitrogen and oxygen atoms in total. The maximum atomic E-state index is 12.5. The average Bonchev–Trinajstić information content (AvgIpc) is 2.98. The maximum Gasteiger partial charge on any atom is 0.261 e. The first-order chi connectivity index (χ1) is 14.5. The van der Waals surface area contributed by atoms with Crippen LogP contribution in [0.4, 0.5) is 0 Å². The van der Waals surface area contributed by atoms with Crippen LogP contribution in [0.1, 0.15) is 78.3 Å². The van der Waals surface area contributed by atoms with Gasteiger partial charge in [-0.05, 0) is 42.9 Å². The Bertz CT molecular complexity index is 857. The second kappa shape index (κ2) is 10.2. The van der Waals surface area contributed by atoms with E-state index in [1.165, 1.54) is 4.90 Å². The van der Waals surface area contributed by atoms with Crippen LogP contribution in [-0.4, -0.2) is 29.2 Å². The largest absolute Gasteiger partial charge is 0.349 e. The summed E-state index contributed by atoms with van der Waals surface area (Å²) in [5, 5.41) is 3.17. The molecule has 30 heavy (non-hydrogen) atoms. The molecule has 3 amide bonds. The smallest absolute Gasteiger partial charge is 0.261 e. The molecule has 0 aromatic heterocycles. The number of hydrogen-bond acceptors (Lipinski definition) is 3. The van der Waals surface area contributed by atoms with Crippen molar-refractivity contribution < 1.29 is 14.4 Å². The molecule has 1 atom stereocenters. The van der Waals surface area contributed by atoms with Crippen molar-refractivity contribution >= 4 is 17.7 Å². The Hall–Kier alpha value is -2.95. The van der Waals surface area contributed by atoms with Crippen molar-refractivity contribution in [2.75, 3.05) is 6.54 Å². The standard InChI is InChI=1S/C25H30N2O3/c1-18(2)17-22(19-11-5-3-6-12-19)26-23(28)15-7-4-10-16-27-24(29)20-13-8-9-14-21(20)25(27)30/h3,5-6,8-9,11-14,18,22H,4,7,10,15-17H2,1-2H3,(H,26,28)/t22-/m1/s1. The molecule has 5 heteroatoms. The van der Waals surface area contributed by atoms with Gasteiger partial charge in [0, 0.05) is 13.0 Å². The number of rotatable bonds is 10. The number of benzene rings is 2. The predicted octanol–water partition coefficient (Wildman–Crippen LogP) is 4.75. The third-order valence-electron chi connectivity index (χ3n) is 5.41. The molecule has 0 spiro atoms. The van der Waals surface area contributed by atoms with E-state index in [-0.39, 0.29) is 23.8 Å². The van der Waals surface area contributed by atoms with Gasteiger partial charge in [-0.1, -0.05) is 62.7 Å². The Labute approximate surface area is 178 Å². The Kier molecular flexibility index (Phi) is 7.39. The van der Waals surface area contributed by atoms with Crippen LogP contribution in [0, 0.1) is 5.92 Å². The first-order valence-corrected chi connectivity index (χ1v) is 10.8. The van der Waals surface area contributed by atoms with Gasteiger partial charge < -0.3 is 5.32 Å². The molecule has 1 aliphatic heterocycles. The fourth-order valence-corrected chi connectivity index (χ4v) is 3.88. The molecule has 2 aromatic carbocycles. The van der Waals surface area contributed by atoms with Crippen LogP contribution in [-0.2, 0) is 4.79 Å². The zero-order valence-corrected chi connectivity index (χ0v) is 17.8. The van der Waals surface area contributed by atoms with Gasteiger partial charge >= 0.3 is 0 Å². The summed E-state index contributed by atoms with van der Waals surface area (Å²) in [6, 6.07) is 17.0. The van der Waals surface area contributed by atoms with Gasteiger partial charge in [-0.2, -0.15) is 0 Å². The van der Waals surface area contributed by atoms with Crippen molar-refractivity contribution in [3.63, 3.8) is 0 Å². The van der Waals surface area contributed by atoms with Gasteiger partial charge in [-0.3, -0.25) is 19.3 Å². The third kappa shape index (κ3) is 5.35. The quantitative estimate of drug-likeness (QED) is 0.457. The number of hydrogen-bond donors (Lipinski definition) is 1. The number of unbranched alkanes of at least 4 members (excludes halogenated alkanes) is 2. The van der Waals surface area contributed by atoms with E-state index in [0.717, 1.165) is 24.8 Å². The molecule has 0 saturated heterocycles. The van der Waals surface area contributed by atoms with Crippen LogP contribution in [0.5, 0.6) is 0 Å². The second-order valence-corrected chi connectivity index (χ2v) is 8.28. The molecule has 1 heterocycles. The van der Waals surface area contributed by atoms with E-state index in [9.17, 15) is 14.4 Å². The Morgan fingerprint density at radius 1 is 0.867 bits per heavy atom. The summed E-state index contributed by atoms with van der Waals surface area (Å²) in [6.07, 6.45) is 3.57. The van der Waals surface area contributed by atoms with Gasteiger partial charge in [0.1, 0.15) is 0 Å². The molecule has 1 aliphatic rings. The van der Waals surface area contributed by atoms with Gasteiger partial charge in [0.25, 0.3) is 11.8 Å². The predicted molar refractivity (Wildman–Crippen MR) is 117 cm³/mol. The van der Waals surface area contributed by atoms with E-state index in [0.29, 0.717) is 36.4 Å². The third-order valence-corrected chi connectivity index (χ3v) is 5.41. The summed E-state index contributed by atoms with van der Waals surface area (Å²) in [5.41, 5.74) is 2.10. The zero-order chi connectivity index (χ0) is 21.5. The molecule has 3 rings (SSSR count). The first kappa shape index (κ1) is 21.8. The van der Waals surface area contributed by atoms with Crippen molar-refractivity contribution in [2.24, 2.45) is 5.92 Å². The molecule has 0 bridgehead atoms. The highest BCUT2D eigenvalue weighted by Crippen LogP contribution is 2.23. The van der Waals surface area contributed by atoms with Gasteiger partial charge in [0.15, 0.2) is 0 Å². The summed E-state index contributed by atoms with van der Waals surface area (Å²) in [6.45, 7) is 4.70. The SMILES string of the molecule is CC(C)C[C@@H](NC(=O)CCCCCN1C(=O)c2ccccc2C1=O)c1ccccc1. The molecular weight excluding hydrogens is 376 g/mol. The van der Waals surface area contributed by atoms with E-state index >= 15 is 0 Å². The number of fused-ring (bicyclic) bond motifs is 1. The average molecular weight is 407 g/mol. The van der Waals surface area contributed by atoms with E-state index < -0.39 is 0 Å². The summed E-state index contributed by atoms with van der Waals surface area (Å²) in [4.78, 5) is 38.5. The van der Waals surface area contributed by atoms with E-state index in [1.807, 2.05) is 18.2 Å². The van der Waals surface area contributed by atoms with Crippen molar-refractivity contribution in [2.45, 2.75) is 52.0 Å². The Balaban J connectivity index is 1.41. The number of carbonyl (C=O) groups is 3. The van der Waals surface area contributed by atoms with Crippen LogP contribution >= 0.6 is 0 Å². The molecule has 0 saturated carbocycles. The lowest BCUT2D eigenvalue weighted by Gasteiger charge is -2.21. The Morgan fingerprint density at radius 3 is 2.07 bits per heavy atom. The first-order valence-electron chi connectivity index (χ1n) is 10.8. The van der Waals surface area contributed by atoms with Gasteiger partial charge in [-0.25, -0.2) is 0 Å². The lowest BCUT2D eigenvalue weighted by molar-refractivity contribution is -0.122. The highest BCUT2D eigenvalue weighted by Gasteiger charge is 2.34. The monoisotopic (exact) mass is 406 g/mol. The van der Waals surface area contributed by atoms with Crippen molar-refractivity contribution in [1.82, 2.24) is 10.2 Å². The van der Waals surface area contributed by atoms with Crippen LogP contribution in [0.2, 0.25) is 0 Å². The maximum absolute atomic E-state index is 12.5. The molecule has 158 valence electrons. The van der Waals surface area contributed by atoms with Gasteiger partial charge in [-0.15, -0.1) is 0 Å². The summed E-state index contributed by atoms with van der Waals surface area (Å²) < 4.78 is 0. The second-order valence-electron chi connectivity index (χ2n) is 8.28. The van der Waals surface area contributed by atoms with E-state index in [2.05, 4.69) is 31.3 Å². The van der Waals surface area contributed by atoms with Gasteiger partial charge in [0.2, 0.25) is 5.91 Å². The zero-order valence-electron chi connectivity index (χ0n) is 17.8. The number of nitrogens with zero attached hydrogens (tertiary/aromatic N) is 1. The van der Waals surface area contributed by atoms with Crippen molar-refractivity contribution in [3.8, 4) is 0 Å². The minimum absolute atomic E-state index is 0.0250. The number of imide groups is 1. The molecule has 0 aliphatic carbocycles. The van der Waals surface area contributed by atoms with Crippen LogP contribution < -0.4 is 5.32 Å². The lowest BCUT2D eigenvalue weighted by atomic mass is 9.97. The highest BCUT2D eigenvalue weighted by molar-refractivity contribution is 6.21. The number of nitrogens with one attached hydrogen (secondary N) is 1. The molecule has 1 N–H and O–H groups in total. The minimum atomic E-state index is -0.215. The van der Waals surface area contributed by atoms with Crippen LogP contribution in [0.3, 0.4) is 0 Å². The highest BCUT2D eigenvalue weighted by atomic mass is 16.2. The molecular formula is C25H30N2O3. The van der Waals surface area contributed by atoms with Gasteiger partial charge in [0.05, 0.1) is 17.2 Å². The molecule has 0 fully saturated rings. The minimum Gasteiger partial charge on any atom is -0.349 e. The summed E-state index contributed by atoms with van der Waals surface area (Å²) in [7, 11) is 0. The number of carbonyl (C=O) groups excluding carboxylic acids is 3. The fourth-order valence-electron chi connectivity index (χ4n) is 3.88. The summed E-state index contributed by atoms with van der Waals surface area (Å²) in [5.74, 6) is 0.0980. The van der Waals surface area contributed by atoms with Crippen LogP contribution in [0.15, 0.2) is 54.6 Å². The van der Waals surface area contributed by atoms with E-state index in [1.54, 1.807) is 24.3 Å². The topological polar surface area (TPSA) is 66.5 Å². The molecule has 2 aromatic rings. The van der Waals surface area contributed by atoms with Crippen LogP contribution in [0.25, 0.3) is 0 Å². The van der Waals surface area contributed by atoms with Crippen molar-refractivity contribution in [3.05, 3.63) is 71.3 Å². The molecule has 0 radical (unpaired) electrons. The van der Waals surface area contributed by atoms with Crippen molar-refractivity contribution in [1.29, 1.82) is 0 Å². The molecule has 0 unspecified atom stereocenters. The number of amides is 3. The Morgan fingerprint density at radius 2 is 1.47 bits per heavy atom. The summed E-state index contributed by atoms with van der Waals surface area (Å²) >= 11 is 0. The normalized spacial score (nSPS) is 14.2. The van der Waals surface area contributed by atoms with E-state index in [4.69, 9.17) is 0 Å². The fraction of sp³-hybridized carbons (Fsp3) is 0.400.